The van der Waals surface area contributed by atoms with Crippen LogP contribution in [0.2, 0.25) is 0 Å². The molecule has 0 bridgehead atoms. The lowest BCUT2D eigenvalue weighted by molar-refractivity contribution is -0.145. The first kappa shape index (κ1) is 9.03. The van der Waals surface area contributed by atoms with Crippen LogP contribution in [-0.2, 0) is 14.3 Å². The van der Waals surface area contributed by atoms with Crippen LogP contribution in [-0.4, -0.2) is 23.7 Å². The van der Waals surface area contributed by atoms with Crippen molar-refractivity contribution in [2.75, 3.05) is 6.61 Å². The fraction of sp³-hybridized carbons (Fsp3) is 0.750. The summed E-state index contributed by atoms with van der Waals surface area (Å²) in [5.41, 5.74) is 0. The van der Waals surface area contributed by atoms with Gasteiger partial charge in [-0.1, -0.05) is 0 Å². The quantitative estimate of drug-likeness (QED) is 0.633. The second-order valence-electron chi connectivity index (χ2n) is 2.95. The smallest absolute Gasteiger partial charge is 0.309 e. The van der Waals surface area contributed by atoms with Crippen molar-refractivity contribution in [3.8, 4) is 0 Å². The van der Waals surface area contributed by atoms with Gasteiger partial charge in [-0.2, -0.15) is 0 Å². The summed E-state index contributed by atoms with van der Waals surface area (Å²) in [5.74, 6) is -1.22. The monoisotopic (exact) mass is 172 g/mol. The predicted octanol–water partition coefficient (Wildman–Crippen LogP) is 0.660. The van der Waals surface area contributed by atoms with E-state index >= 15 is 0 Å². The van der Waals surface area contributed by atoms with Gasteiger partial charge in [0, 0.05) is 6.42 Å². The molecule has 0 aliphatic heterocycles. The second kappa shape index (κ2) is 3.56. The molecule has 0 heterocycles. The van der Waals surface area contributed by atoms with Gasteiger partial charge in [0.15, 0.2) is 0 Å². The first-order valence-corrected chi connectivity index (χ1v) is 4.03. The standard InChI is InChI=1S/C8H12O4/c1-2-12-8(11)6-3-5(6)4-7(9)10/h5-6H,2-4H2,1H3,(H,9,10)/t5-,6-/m0/s1. The maximum atomic E-state index is 11.0. The molecule has 0 spiro atoms. The molecule has 0 aromatic rings. The Balaban J connectivity index is 2.23. The van der Waals surface area contributed by atoms with Gasteiger partial charge < -0.3 is 9.84 Å². The van der Waals surface area contributed by atoms with Crippen molar-refractivity contribution in [1.82, 2.24) is 0 Å². The van der Waals surface area contributed by atoms with E-state index in [-0.39, 0.29) is 24.2 Å². The Kier molecular flexibility index (Phi) is 2.68. The van der Waals surface area contributed by atoms with E-state index < -0.39 is 5.97 Å². The third-order valence-corrected chi connectivity index (χ3v) is 1.95. The van der Waals surface area contributed by atoms with E-state index in [4.69, 9.17) is 9.84 Å². The maximum Gasteiger partial charge on any atom is 0.309 e. The fourth-order valence-corrected chi connectivity index (χ4v) is 1.24. The van der Waals surface area contributed by atoms with Gasteiger partial charge in [0.2, 0.25) is 0 Å². The Labute approximate surface area is 70.5 Å². The highest BCUT2D eigenvalue weighted by Gasteiger charge is 2.45. The minimum absolute atomic E-state index is 0.0153. The summed E-state index contributed by atoms with van der Waals surface area (Å²) in [5, 5.41) is 8.40. The molecule has 1 N–H and O–H groups in total. The Bertz CT molecular complexity index is 199. The van der Waals surface area contributed by atoms with E-state index in [0.29, 0.717) is 13.0 Å². The van der Waals surface area contributed by atoms with Crippen LogP contribution >= 0.6 is 0 Å². The van der Waals surface area contributed by atoms with Gasteiger partial charge in [-0.15, -0.1) is 0 Å². The van der Waals surface area contributed by atoms with Gasteiger partial charge in [-0.25, -0.2) is 0 Å². The number of carbonyl (C=O) groups is 2. The number of hydrogen-bond donors (Lipinski definition) is 1. The SMILES string of the molecule is CCOC(=O)[C@H]1C[C@H]1CC(=O)O. The number of ether oxygens (including phenoxy) is 1. The first-order chi connectivity index (χ1) is 5.65. The third kappa shape index (κ3) is 2.22. The van der Waals surface area contributed by atoms with Crippen LogP contribution in [0, 0.1) is 11.8 Å². The van der Waals surface area contributed by atoms with Crippen molar-refractivity contribution in [1.29, 1.82) is 0 Å². The summed E-state index contributed by atoms with van der Waals surface area (Å²) < 4.78 is 4.75. The minimum Gasteiger partial charge on any atom is -0.481 e. The average molecular weight is 172 g/mol. The zero-order valence-electron chi connectivity index (χ0n) is 6.95. The maximum absolute atomic E-state index is 11.0. The fourth-order valence-electron chi connectivity index (χ4n) is 1.24. The molecule has 0 aromatic carbocycles. The normalized spacial score (nSPS) is 26.4. The molecule has 1 fully saturated rings. The molecule has 0 aromatic heterocycles. The molecular weight excluding hydrogens is 160 g/mol. The molecule has 0 amide bonds. The number of aliphatic carboxylic acids is 1. The Morgan fingerprint density at radius 3 is 2.75 bits per heavy atom. The second-order valence-corrected chi connectivity index (χ2v) is 2.95. The largest absolute Gasteiger partial charge is 0.481 e. The van der Waals surface area contributed by atoms with Crippen molar-refractivity contribution < 1.29 is 19.4 Å². The highest BCUT2D eigenvalue weighted by Crippen LogP contribution is 2.41. The summed E-state index contributed by atoms with van der Waals surface area (Å²) in [6.45, 7) is 2.11. The highest BCUT2D eigenvalue weighted by molar-refractivity contribution is 5.77. The van der Waals surface area contributed by atoms with E-state index in [2.05, 4.69) is 0 Å². The van der Waals surface area contributed by atoms with Crippen molar-refractivity contribution in [2.24, 2.45) is 11.8 Å². The number of rotatable bonds is 4. The van der Waals surface area contributed by atoms with Crippen LogP contribution in [0.25, 0.3) is 0 Å². The summed E-state index contributed by atoms with van der Waals surface area (Å²) >= 11 is 0. The molecule has 0 unspecified atom stereocenters. The molecule has 1 rings (SSSR count). The molecule has 68 valence electrons. The molecule has 1 aliphatic rings. The lowest BCUT2D eigenvalue weighted by Gasteiger charge is -1.98. The molecular formula is C8H12O4. The molecule has 2 atom stereocenters. The van der Waals surface area contributed by atoms with Gasteiger partial charge in [-0.05, 0) is 19.3 Å². The van der Waals surface area contributed by atoms with Crippen molar-refractivity contribution in [2.45, 2.75) is 19.8 Å². The zero-order chi connectivity index (χ0) is 9.14. The molecule has 4 nitrogen and oxygen atoms in total. The summed E-state index contributed by atoms with van der Waals surface area (Å²) in [6.07, 6.45) is 0.759. The van der Waals surface area contributed by atoms with Gasteiger partial charge >= 0.3 is 11.9 Å². The zero-order valence-corrected chi connectivity index (χ0v) is 6.95. The van der Waals surface area contributed by atoms with E-state index in [1.165, 1.54) is 0 Å². The minimum atomic E-state index is -0.841. The van der Waals surface area contributed by atoms with Crippen LogP contribution in [0.1, 0.15) is 19.8 Å². The van der Waals surface area contributed by atoms with Gasteiger partial charge in [0.1, 0.15) is 0 Å². The molecule has 0 radical (unpaired) electrons. The lowest BCUT2D eigenvalue weighted by atomic mass is 10.2. The third-order valence-electron chi connectivity index (χ3n) is 1.95. The van der Waals surface area contributed by atoms with Crippen LogP contribution < -0.4 is 0 Å². The topological polar surface area (TPSA) is 63.6 Å². The molecule has 12 heavy (non-hydrogen) atoms. The number of carbonyl (C=O) groups excluding carboxylic acids is 1. The molecule has 1 aliphatic carbocycles. The van der Waals surface area contributed by atoms with Crippen molar-refractivity contribution in [3.05, 3.63) is 0 Å². The lowest BCUT2D eigenvalue weighted by Crippen LogP contribution is -2.08. The van der Waals surface area contributed by atoms with E-state index in [9.17, 15) is 9.59 Å². The molecule has 0 saturated heterocycles. The summed E-state index contributed by atoms with van der Waals surface area (Å²) in [7, 11) is 0. The molecule has 4 heteroatoms. The Morgan fingerprint density at radius 1 is 1.58 bits per heavy atom. The molecule has 1 saturated carbocycles. The Morgan fingerprint density at radius 2 is 2.25 bits per heavy atom. The van der Waals surface area contributed by atoms with E-state index in [1.54, 1.807) is 6.92 Å². The number of hydrogen-bond acceptors (Lipinski definition) is 3. The average Bonchev–Trinajstić information content (AvgIpc) is 2.67. The number of carboxylic acids is 1. The first-order valence-electron chi connectivity index (χ1n) is 4.03. The van der Waals surface area contributed by atoms with Crippen molar-refractivity contribution >= 4 is 11.9 Å². The Hall–Kier alpha value is -1.06. The van der Waals surface area contributed by atoms with Crippen LogP contribution in [0.3, 0.4) is 0 Å². The van der Waals surface area contributed by atoms with Crippen LogP contribution in [0.5, 0.6) is 0 Å². The van der Waals surface area contributed by atoms with Gasteiger partial charge in [-0.3, -0.25) is 9.59 Å². The summed E-state index contributed by atoms with van der Waals surface area (Å²) in [4.78, 5) is 21.2. The highest BCUT2D eigenvalue weighted by atomic mass is 16.5. The van der Waals surface area contributed by atoms with Crippen molar-refractivity contribution in [3.63, 3.8) is 0 Å². The van der Waals surface area contributed by atoms with E-state index in [0.717, 1.165) is 0 Å². The predicted molar refractivity (Wildman–Crippen MR) is 40.5 cm³/mol. The van der Waals surface area contributed by atoms with Crippen LogP contribution in [0.15, 0.2) is 0 Å². The van der Waals surface area contributed by atoms with Gasteiger partial charge in [0.05, 0.1) is 12.5 Å². The summed E-state index contributed by atoms with van der Waals surface area (Å²) in [6, 6.07) is 0. The van der Waals surface area contributed by atoms with Gasteiger partial charge in [0.25, 0.3) is 0 Å². The van der Waals surface area contributed by atoms with E-state index in [1.807, 2.05) is 0 Å². The number of esters is 1. The van der Waals surface area contributed by atoms with Crippen LogP contribution in [0.4, 0.5) is 0 Å². The number of carboxylic acid groups (broad SMARTS) is 1.